The van der Waals surface area contributed by atoms with E-state index in [4.69, 9.17) is 0 Å². The Labute approximate surface area is 161 Å². The highest BCUT2D eigenvalue weighted by Crippen LogP contribution is 2.19. The fraction of sp³-hybridized carbons (Fsp3) is 0.579. The summed E-state index contributed by atoms with van der Waals surface area (Å²) >= 11 is 0. The molecule has 1 unspecified atom stereocenters. The van der Waals surface area contributed by atoms with Crippen molar-refractivity contribution >= 4 is 21.7 Å². The third-order valence-corrected chi connectivity index (χ3v) is 6.60. The lowest BCUT2D eigenvalue weighted by atomic mass is 10.2. The first-order valence-electron chi connectivity index (χ1n) is 9.37. The lowest BCUT2D eigenvalue weighted by molar-refractivity contribution is -0.123. The molecule has 0 bridgehead atoms. The molecule has 1 saturated heterocycles. The van der Waals surface area contributed by atoms with Crippen molar-refractivity contribution < 1.29 is 18.0 Å². The maximum Gasteiger partial charge on any atom is 0.243 e. The van der Waals surface area contributed by atoms with Crippen molar-refractivity contribution in [3.8, 4) is 0 Å². The number of hydrogen-bond acceptors (Lipinski definition) is 5. The van der Waals surface area contributed by atoms with Gasteiger partial charge >= 0.3 is 0 Å². The highest BCUT2D eigenvalue weighted by atomic mass is 32.2. The van der Waals surface area contributed by atoms with E-state index in [0.29, 0.717) is 31.7 Å². The average molecular weight is 396 g/mol. The van der Waals surface area contributed by atoms with Crippen LogP contribution in [-0.4, -0.2) is 68.1 Å². The molecule has 8 heteroatoms. The zero-order valence-electron chi connectivity index (χ0n) is 16.3. The van der Waals surface area contributed by atoms with Gasteiger partial charge in [-0.05, 0) is 32.4 Å². The van der Waals surface area contributed by atoms with Crippen molar-refractivity contribution in [3.63, 3.8) is 0 Å². The standard InChI is InChI=1S/C19H29N3O4S/c1-4-6-15(2)20-19(24)14-21-9-11-22(12-10-21)27(25,26)18-8-5-7-17(13-18)16(3)23/h5,7-8,13,15H,4,6,9-12,14H2,1-3H3,(H,20,24). The van der Waals surface area contributed by atoms with E-state index >= 15 is 0 Å². The van der Waals surface area contributed by atoms with Crippen molar-refractivity contribution in [2.45, 2.75) is 44.6 Å². The Hall–Kier alpha value is -1.77. The summed E-state index contributed by atoms with van der Waals surface area (Å²) in [5.74, 6) is -0.193. The zero-order chi connectivity index (χ0) is 20.0. The molecule has 0 aliphatic carbocycles. The van der Waals surface area contributed by atoms with Gasteiger partial charge in [-0.3, -0.25) is 14.5 Å². The number of nitrogens with one attached hydrogen (secondary N) is 1. The number of hydrogen-bond donors (Lipinski definition) is 1. The average Bonchev–Trinajstić information content (AvgIpc) is 2.62. The Morgan fingerprint density at radius 1 is 1.19 bits per heavy atom. The van der Waals surface area contributed by atoms with E-state index in [0.717, 1.165) is 12.8 Å². The van der Waals surface area contributed by atoms with E-state index in [2.05, 4.69) is 12.2 Å². The Kier molecular flexibility index (Phi) is 7.52. The number of sulfonamides is 1. The van der Waals surface area contributed by atoms with Crippen LogP contribution in [0.25, 0.3) is 0 Å². The zero-order valence-corrected chi connectivity index (χ0v) is 17.1. The molecule has 1 N–H and O–H groups in total. The summed E-state index contributed by atoms with van der Waals surface area (Å²) in [7, 11) is -3.64. The number of ketones is 1. The van der Waals surface area contributed by atoms with Crippen molar-refractivity contribution in [1.82, 2.24) is 14.5 Å². The number of carbonyl (C=O) groups excluding carboxylic acids is 2. The molecule has 0 aromatic heterocycles. The van der Waals surface area contributed by atoms with Gasteiger partial charge < -0.3 is 5.32 Å². The Balaban J connectivity index is 1.93. The molecule has 1 aliphatic rings. The van der Waals surface area contributed by atoms with Crippen LogP contribution in [0.15, 0.2) is 29.2 Å². The Morgan fingerprint density at radius 3 is 2.44 bits per heavy atom. The minimum absolute atomic E-state index is 0.0265. The van der Waals surface area contributed by atoms with Gasteiger partial charge in [0.05, 0.1) is 11.4 Å². The molecule has 7 nitrogen and oxygen atoms in total. The van der Waals surface area contributed by atoms with E-state index in [1.807, 2.05) is 11.8 Å². The van der Waals surface area contributed by atoms with Gasteiger partial charge in [0.15, 0.2) is 5.78 Å². The van der Waals surface area contributed by atoms with E-state index in [1.165, 1.54) is 23.4 Å². The fourth-order valence-electron chi connectivity index (χ4n) is 3.18. The highest BCUT2D eigenvalue weighted by molar-refractivity contribution is 7.89. The predicted octanol–water partition coefficient (Wildman–Crippen LogP) is 1.50. The largest absolute Gasteiger partial charge is 0.353 e. The van der Waals surface area contributed by atoms with Gasteiger partial charge in [0, 0.05) is 37.8 Å². The maximum atomic E-state index is 12.8. The summed E-state index contributed by atoms with van der Waals surface area (Å²) in [5, 5.41) is 2.97. The normalized spacial score (nSPS) is 17.4. The molecule has 1 aromatic rings. The lowest BCUT2D eigenvalue weighted by Gasteiger charge is -2.33. The molecule has 1 aromatic carbocycles. The number of nitrogens with zero attached hydrogens (tertiary/aromatic N) is 2. The molecule has 2 rings (SSSR count). The summed E-state index contributed by atoms with van der Waals surface area (Å²) in [6, 6.07) is 6.28. The van der Waals surface area contributed by atoms with E-state index < -0.39 is 10.0 Å². The monoisotopic (exact) mass is 395 g/mol. The number of carbonyl (C=O) groups is 2. The maximum absolute atomic E-state index is 12.8. The van der Waals surface area contributed by atoms with Gasteiger partial charge in [0.25, 0.3) is 0 Å². The van der Waals surface area contributed by atoms with Crippen molar-refractivity contribution in [1.29, 1.82) is 0 Å². The summed E-state index contributed by atoms with van der Waals surface area (Å²) < 4.78 is 27.1. The molecule has 1 amide bonds. The van der Waals surface area contributed by atoms with Crippen LogP contribution in [0.5, 0.6) is 0 Å². The van der Waals surface area contributed by atoms with Crippen LogP contribution in [0.4, 0.5) is 0 Å². The van der Waals surface area contributed by atoms with Crippen molar-refractivity contribution in [2.24, 2.45) is 0 Å². The summed E-state index contributed by atoms with van der Waals surface area (Å²) in [5.41, 5.74) is 0.382. The number of rotatable bonds is 8. The molecule has 0 spiro atoms. The number of amides is 1. The van der Waals surface area contributed by atoms with E-state index in [-0.39, 0.29) is 29.2 Å². The molecule has 0 saturated carbocycles. The van der Waals surface area contributed by atoms with E-state index in [1.54, 1.807) is 12.1 Å². The molecular weight excluding hydrogens is 366 g/mol. The molecule has 1 aliphatic heterocycles. The molecule has 150 valence electrons. The number of benzene rings is 1. The Morgan fingerprint density at radius 2 is 1.85 bits per heavy atom. The van der Waals surface area contributed by atoms with Gasteiger partial charge in [-0.25, -0.2) is 8.42 Å². The van der Waals surface area contributed by atoms with Crippen molar-refractivity contribution in [3.05, 3.63) is 29.8 Å². The topological polar surface area (TPSA) is 86.8 Å². The summed E-state index contributed by atoms with van der Waals surface area (Å²) in [4.78, 5) is 25.7. The molecule has 1 atom stereocenters. The summed E-state index contributed by atoms with van der Waals surface area (Å²) in [6.07, 6.45) is 1.96. The first-order chi connectivity index (χ1) is 12.7. The van der Waals surface area contributed by atoms with Crippen molar-refractivity contribution in [2.75, 3.05) is 32.7 Å². The van der Waals surface area contributed by atoms with Gasteiger partial charge in [0.1, 0.15) is 0 Å². The summed E-state index contributed by atoms with van der Waals surface area (Å²) in [6.45, 7) is 7.41. The van der Waals surface area contributed by atoms with Gasteiger partial charge in [-0.2, -0.15) is 4.31 Å². The fourth-order valence-corrected chi connectivity index (χ4v) is 4.65. The van der Waals surface area contributed by atoms with Gasteiger partial charge in [-0.1, -0.05) is 25.5 Å². The predicted molar refractivity (Wildman–Crippen MR) is 104 cm³/mol. The van der Waals surface area contributed by atoms with Crippen LogP contribution < -0.4 is 5.32 Å². The molecular formula is C19H29N3O4S. The van der Waals surface area contributed by atoms with Gasteiger partial charge in [0.2, 0.25) is 15.9 Å². The number of piperazine rings is 1. The minimum Gasteiger partial charge on any atom is -0.353 e. The van der Waals surface area contributed by atoms with Gasteiger partial charge in [-0.15, -0.1) is 0 Å². The van der Waals surface area contributed by atoms with Crippen LogP contribution in [-0.2, 0) is 14.8 Å². The molecule has 1 fully saturated rings. The second kappa shape index (κ2) is 9.43. The van der Waals surface area contributed by atoms with Crippen LogP contribution >= 0.6 is 0 Å². The SMILES string of the molecule is CCCC(C)NC(=O)CN1CCN(S(=O)(=O)c2cccc(C(C)=O)c2)CC1. The third kappa shape index (κ3) is 5.85. The highest BCUT2D eigenvalue weighted by Gasteiger charge is 2.29. The third-order valence-electron chi connectivity index (χ3n) is 4.71. The quantitative estimate of drug-likeness (QED) is 0.674. The second-order valence-corrected chi connectivity index (χ2v) is 8.96. The van der Waals surface area contributed by atoms with Crippen LogP contribution in [0.2, 0.25) is 0 Å². The Bertz CT molecular complexity index is 771. The number of Topliss-reactive ketones (excluding diaryl/α,β-unsaturated/α-hetero) is 1. The molecule has 27 heavy (non-hydrogen) atoms. The smallest absolute Gasteiger partial charge is 0.243 e. The molecule has 1 heterocycles. The van der Waals surface area contributed by atoms with Crippen LogP contribution in [0, 0.1) is 0 Å². The first kappa shape index (κ1) is 21.5. The molecule has 0 radical (unpaired) electrons. The van der Waals surface area contributed by atoms with E-state index in [9.17, 15) is 18.0 Å². The second-order valence-electron chi connectivity index (χ2n) is 7.02. The lowest BCUT2D eigenvalue weighted by Crippen LogP contribution is -2.51. The minimum atomic E-state index is -3.64. The van der Waals surface area contributed by atoms with Crippen LogP contribution in [0.1, 0.15) is 44.0 Å². The first-order valence-corrected chi connectivity index (χ1v) is 10.8. The van der Waals surface area contributed by atoms with Crippen LogP contribution in [0.3, 0.4) is 0 Å².